The van der Waals surface area contributed by atoms with Crippen molar-refractivity contribution in [2.24, 2.45) is 0 Å². The number of hydrogen-bond donors (Lipinski definition) is 0. The molecule has 1 aliphatic rings. The fraction of sp³-hybridized carbons (Fsp3) is 0.909. The summed E-state index contributed by atoms with van der Waals surface area (Å²) in [5.74, 6) is 0. The molecule has 1 rings (SSSR count). The van der Waals surface area contributed by atoms with Gasteiger partial charge in [-0.05, 0) is 6.42 Å². The lowest BCUT2D eigenvalue weighted by Gasteiger charge is -2.05. The van der Waals surface area contributed by atoms with Crippen molar-refractivity contribution >= 4 is 0 Å². The number of nitriles is 1. The SMILES string of the molecule is C1CCCCC1.CCCCC#N. The van der Waals surface area contributed by atoms with E-state index in [1.54, 1.807) is 0 Å². The van der Waals surface area contributed by atoms with Crippen LogP contribution in [0.2, 0.25) is 0 Å². The van der Waals surface area contributed by atoms with Crippen LogP contribution in [-0.2, 0) is 0 Å². The molecule has 0 bridgehead atoms. The zero-order chi connectivity index (χ0) is 9.07. The summed E-state index contributed by atoms with van der Waals surface area (Å²) in [6.45, 7) is 2.08. The molecule has 0 aliphatic heterocycles. The third-order valence-electron chi connectivity index (χ3n) is 2.14. The quantitative estimate of drug-likeness (QED) is 0.569. The van der Waals surface area contributed by atoms with E-state index in [0.29, 0.717) is 0 Å². The van der Waals surface area contributed by atoms with Crippen molar-refractivity contribution in [3.05, 3.63) is 0 Å². The van der Waals surface area contributed by atoms with E-state index in [2.05, 4.69) is 13.0 Å². The van der Waals surface area contributed by atoms with Crippen molar-refractivity contribution in [1.82, 2.24) is 0 Å². The van der Waals surface area contributed by atoms with Gasteiger partial charge in [-0.2, -0.15) is 5.26 Å². The van der Waals surface area contributed by atoms with Gasteiger partial charge >= 0.3 is 0 Å². The van der Waals surface area contributed by atoms with Gasteiger partial charge in [0.25, 0.3) is 0 Å². The Labute approximate surface area is 76.8 Å². The summed E-state index contributed by atoms with van der Waals surface area (Å²) in [4.78, 5) is 0. The van der Waals surface area contributed by atoms with Gasteiger partial charge < -0.3 is 0 Å². The molecular weight excluding hydrogens is 146 g/mol. The van der Waals surface area contributed by atoms with Crippen LogP contribution in [0.1, 0.15) is 64.7 Å². The lowest BCUT2D eigenvalue weighted by molar-refractivity contribution is 0.504. The lowest BCUT2D eigenvalue weighted by Crippen LogP contribution is -1.85. The second-order valence-electron chi connectivity index (χ2n) is 3.38. The molecule has 12 heavy (non-hydrogen) atoms. The zero-order valence-electron chi connectivity index (χ0n) is 8.31. The summed E-state index contributed by atoms with van der Waals surface area (Å²) in [7, 11) is 0. The highest BCUT2D eigenvalue weighted by molar-refractivity contribution is 4.66. The van der Waals surface area contributed by atoms with Gasteiger partial charge in [0, 0.05) is 6.42 Å². The molecule has 0 aromatic rings. The van der Waals surface area contributed by atoms with Gasteiger partial charge in [0.2, 0.25) is 0 Å². The lowest BCUT2D eigenvalue weighted by atomic mass is 10.0. The maximum absolute atomic E-state index is 7.95. The second kappa shape index (κ2) is 10.5. The van der Waals surface area contributed by atoms with Gasteiger partial charge in [-0.25, -0.2) is 0 Å². The van der Waals surface area contributed by atoms with E-state index in [-0.39, 0.29) is 0 Å². The van der Waals surface area contributed by atoms with E-state index in [0.717, 1.165) is 19.3 Å². The third-order valence-corrected chi connectivity index (χ3v) is 2.14. The Hall–Kier alpha value is -0.510. The Morgan fingerprint density at radius 3 is 1.58 bits per heavy atom. The molecule has 0 unspecified atom stereocenters. The minimum absolute atomic E-state index is 0.719. The highest BCUT2D eigenvalue weighted by Gasteiger charge is 1.95. The van der Waals surface area contributed by atoms with Crippen molar-refractivity contribution < 1.29 is 0 Å². The maximum atomic E-state index is 7.95. The predicted octanol–water partition coefficient (Wildman–Crippen LogP) is 4.04. The molecule has 1 nitrogen and oxygen atoms in total. The summed E-state index contributed by atoms with van der Waals surface area (Å²) in [6.07, 6.45) is 11.9. The van der Waals surface area contributed by atoms with Crippen LogP contribution in [0.4, 0.5) is 0 Å². The van der Waals surface area contributed by atoms with Crippen LogP contribution in [-0.4, -0.2) is 0 Å². The summed E-state index contributed by atoms with van der Waals surface area (Å²) in [6, 6.07) is 2.07. The van der Waals surface area contributed by atoms with Gasteiger partial charge in [-0.3, -0.25) is 0 Å². The fourth-order valence-corrected chi connectivity index (χ4v) is 1.32. The van der Waals surface area contributed by atoms with Crippen molar-refractivity contribution in [3.63, 3.8) is 0 Å². The average Bonchev–Trinajstić information content (AvgIpc) is 2.18. The first-order valence-corrected chi connectivity index (χ1v) is 5.28. The Bertz CT molecular complexity index is 97.2. The molecule has 0 radical (unpaired) electrons. The average molecular weight is 167 g/mol. The highest BCUT2D eigenvalue weighted by atomic mass is 14.2. The molecule has 0 N–H and O–H groups in total. The summed E-state index contributed by atoms with van der Waals surface area (Å²) in [5, 5.41) is 7.95. The largest absolute Gasteiger partial charge is 0.198 e. The van der Waals surface area contributed by atoms with E-state index in [1.165, 1.54) is 38.5 Å². The van der Waals surface area contributed by atoms with Crippen molar-refractivity contribution in [2.45, 2.75) is 64.7 Å². The van der Waals surface area contributed by atoms with Gasteiger partial charge in [0.1, 0.15) is 0 Å². The summed E-state index contributed by atoms with van der Waals surface area (Å²) in [5.41, 5.74) is 0. The minimum atomic E-state index is 0.719. The van der Waals surface area contributed by atoms with Gasteiger partial charge in [0.15, 0.2) is 0 Å². The van der Waals surface area contributed by atoms with Crippen LogP contribution >= 0.6 is 0 Å². The Morgan fingerprint density at radius 2 is 1.42 bits per heavy atom. The molecule has 0 aromatic heterocycles. The Morgan fingerprint density at radius 1 is 1.00 bits per heavy atom. The van der Waals surface area contributed by atoms with Gasteiger partial charge in [0.05, 0.1) is 6.07 Å². The van der Waals surface area contributed by atoms with E-state index < -0.39 is 0 Å². The molecule has 0 aromatic carbocycles. The molecule has 1 fully saturated rings. The minimum Gasteiger partial charge on any atom is -0.198 e. The standard InChI is InChI=1S/C6H12.C5H9N/c1-2-4-6-5-3-1;1-2-3-4-5-6/h1-6H2;2-4H2,1H3. The third kappa shape index (κ3) is 9.49. The zero-order valence-corrected chi connectivity index (χ0v) is 8.31. The molecule has 0 saturated heterocycles. The number of hydrogen-bond acceptors (Lipinski definition) is 1. The van der Waals surface area contributed by atoms with Crippen LogP contribution < -0.4 is 0 Å². The fourth-order valence-electron chi connectivity index (χ4n) is 1.32. The normalized spacial score (nSPS) is 15.7. The number of nitrogens with zero attached hydrogens (tertiary/aromatic N) is 1. The van der Waals surface area contributed by atoms with Crippen LogP contribution in [0.15, 0.2) is 0 Å². The van der Waals surface area contributed by atoms with Crippen LogP contribution in [0.3, 0.4) is 0 Å². The summed E-state index contributed by atoms with van der Waals surface area (Å²) < 4.78 is 0. The van der Waals surface area contributed by atoms with E-state index in [1.807, 2.05) is 0 Å². The van der Waals surface area contributed by atoms with Crippen molar-refractivity contribution in [3.8, 4) is 6.07 Å². The topological polar surface area (TPSA) is 23.8 Å². The Kier molecular flexibility index (Phi) is 10.0. The monoisotopic (exact) mass is 167 g/mol. The van der Waals surface area contributed by atoms with Crippen molar-refractivity contribution in [1.29, 1.82) is 5.26 Å². The molecule has 1 heteroatoms. The first-order chi connectivity index (χ1) is 5.91. The van der Waals surface area contributed by atoms with Gasteiger partial charge in [-0.15, -0.1) is 0 Å². The molecule has 1 aliphatic carbocycles. The Balaban J connectivity index is 0.000000202. The van der Waals surface area contributed by atoms with Crippen LogP contribution in [0.5, 0.6) is 0 Å². The van der Waals surface area contributed by atoms with Crippen molar-refractivity contribution in [2.75, 3.05) is 0 Å². The molecule has 70 valence electrons. The van der Waals surface area contributed by atoms with Crippen LogP contribution in [0.25, 0.3) is 0 Å². The smallest absolute Gasteiger partial charge is 0.0621 e. The molecule has 0 heterocycles. The molecule has 0 spiro atoms. The molecular formula is C11H21N. The maximum Gasteiger partial charge on any atom is 0.0621 e. The van der Waals surface area contributed by atoms with Crippen LogP contribution in [0, 0.1) is 11.3 Å². The summed E-state index contributed by atoms with van der Waals surface area (Å²) >= 11 is 0. The molecule has 0 amide bonds. The predicted molar refractivity (Wildman–Crippen MR) is 52.8 cm³/mol. The molecule has 1 saturated carbocycles. The van der Waals surface area contributed by atoms with E-state index in [9.17, 15) is 0 Å². The molecule has 0 atom stereocenters. The first kappa shape index (κ1) is 11.5. The second-order valence-corrected chi connectivity index (χ2v) is 3.38. The van der Waals surface area contributed by atoms with E-state index in [4.69, 9.17) is 5.26 Å². The van der Waals surface area contributed by atoms with Gasteiger partial charge in [-0.1, -0.05) is 51.9 Å². The highest BCUT2D eigenvalue weighted by Crippen LogP contribution is 2.15. The first-order valence-electron chi connectivity index (χ1n) is 5.28. The van der Waals surface area contributed by atoms with E-state index >= 15 is 0 Å². The number of rotatable bonds is 2. The number of unbranched alkanes of at least 4 members (excludes halogenated alkanes) is 2.